The molecule has 0 fully saturated rings. The van der Waals surface area contributed by atoms with Gasteiger partial charge in [-0.1, -0.05) is 53.4 Å². The Balaban J connectivity index is 3.96. The molecule has 0 bridgehead atoms. The molecule has 0 aliphatic carbocycles. The molecule has 0 amide bonds. The highest BCUT2D eigenvalue weighted by molar-refractivity contribution is 5.91. The number of carbonyl (C=O) groups is 2. The minimum absolute atomic E-state index is 0.383. The number of carbonyl (C=O) groups excluding carboxylic acids is 2. The molecule has 116 valence electrons. The number of esters is 2. The standard InChI is InChI=1S/C16H28O4/c1-5-13(6-2)11-19-15(17)9-10-16(18)20-12-14(7-3)8-4/h9-10,13-14H,5-8,11-12H2,1-4H3/b10-9-. The monoisotopic (exact) mass is 284 g/mol. The molecule has 0 aromatic heterocycles. The number of ether oxygens (including phenoxy) is 2. The van der Waals surface area contributed by atoms with Gasteiger partial charge in [0, 0.05) is 12.2 Å². The predicted octanol–water partition coefficient (Wildman–Crippen LogP) is 3.50. The lowest BCUT2D eigenvalue weighted by atomic mass is 10.1. The van der Waals surface area contributed by atoms with Crippen molar-refractivity contribution in [3.63, 3.8) is 0 Å². The highest BCUT2D eigenvalue weighted by Crippen LogP contribution is 2.08. The van der Waals surface area contributed by atoms with E-state index < -0.39 is 11.9 Å². The van der Waals surface area contributed by atoms with Crippen LogP contribution in [-0.4, -0.2) is 25.2 Å². The molecule has 0 unspecified atom stereocenters. The zero-order valence-corrected chi connectivity index (χ0v) is 13.2. The zero-order chi connectivity index (χ0) is 15.4. The molecule has 0 aromatic carbocycles. The van der Waals surface area contributed by atoms with Gasteiger partial charge in [-0.05, 0) is 11.8 Å². The predicted molar refractivity (Wildman–Crippen MR) is 79.2 cm³/mol. The zero-order valence-electron chi connectivity index (χ0n) is 13.2. The Bertz CT molecular complexity index is 272. The van der Waals surface area contributed by atoms with Crippen LogP contribution in [0, 0.1) is 11.8 Å². The van der Waals surface area contributed by atoms with Gasteiger partial charge < -0.3 is 9.47 Å². The van der Waals surface area contributed by atoms with Gasteiger partial charge >= 0.3 is 11.9 Å². The van der Waals surface area contributed by atoms with Gasteiger partial charge in [0.2, 0.25) is 0 Å². The lowest BCUT2D eigenvalue weighted by Gasteiger charge is -2.11. The summed E-state index contributed by atoms with van der Waals surface area (Å²) < 4.78 is 10.1. The maximum absolute atomic E-state index is 11.4. The fraction of sp³-hybridized carbons (Fsp3) is 0.750. The third-order valence-corrected chi connectivity index (χ3v) is 3.59. The SMILES string of the molecule is CCC(CC)COC(=O)/C=C\C(=O)OCC(CC)CC. The largest absolute Gasteiger partial charge is 0.462 e. The van der Waals surface area contributed by atoms with Crippen molar-refractivity contribution in [2.75, 3.05) is 13.2 Å². The van der Waals surface area contributed by atoms with Crippen LogP contribution < -0.4 is 0 Å². The third kappa shape index (κ3) is 8.73. The first-order valence-electron chi connectivity index (χ1n) is 7.58. The summed E-state index contributed by atoms with van der Waals surface area (Å²) >= 11 is 0. The molecule has 0 atom stereocenters. The average Bonchev–Trinajstić information content (AvgIpc) is 2.47. The van der Waals surface area contributed by atoms with Gasteiger partial charge in [0.15, 0.2) is 0 Å². The van der Waals surface area contributed by atoms with Crippen LogP contribution in [0.3, 0.4) is 0 Å². The molecule has 0 N–H and O–H groups in total. The summed E-state index contributed by atoms with van der Waals surface area (Å²) in [7, 11) is 0. The summed E-state index contributed by atoms with van der Waals surface area (Å²) in [4.78, 5) is 22.8. The second-order valence-corrected chi connectivity index (χ2v) is 4.96. The molecule has 0 aliphatic rings. The fourth-order valence-corrected chi connectivity index (χ4v) is 1.68. The Morgan fingerprint density at radius 2 is 1.05 bits per heavy atom. The number of rotatable bonds is 10. The van der Waals surface area contributed by atoms with E-state index in [4.69, 9.17) is 9.47 Å². The van der Waals surface area contributed by atoms with E-state index in [1.807, 2.05) is 0 Å². The van der Waals surface area contributed by atoms with Crippen molar-refractivity contribution in [2.45, 2.75) is 53.4 Å². The third-order valence-electron chi connectivity index (χ3n) is 3.59. The lowest BCUT2D eigenvalue weighted by Crippen LogP contribution is -2.13. The Morgan fingerprint density at radius 1 is 0.750 bits per heavy atom. The van der Waals surface area contributed by atoms with Crippen LogP contribution >= 0.6 is 0 Å². The van der Waals surface area contributed by atoms with Crippen molar-refractivity contribution in [1.29, 1.82) is 0 Å². The van der Waals surface area contributed by atoms with Crippen molar-refractivity contribution < 1.29 is 19.1 Å². The molecule has 0 aliphatic heterocycles. The van der Waals surface area contributed by atoms with Gasteiger partial charge in [-0.3, -0.25) is 0 Å². The van der Waals surface area contributed by atoms with E-state index >= 15 is 0 Å². The Labute approximate surface area is 122 Å². The number of hydrogen-bond donors (Lipinski definition) is 0. The van der Waals surface area contributed by atoms with Gasteiger partial charge in [0.25, 0.3) is 0 Å². The van der Waals surface area contributed by atoms with E-state index in [1.165, 1.54) is 0 Å². The molecule has 0 rings (SSSR count). The first kappa shape index (κ1) is 18.7. The summed E-state index contributed by atoms with van der Waals surface area (Å²) in [6.07, 6.45) is 6.18. The number of hydrogen-bond acceptors (Lipinski definition) is 4. The molecule has 0 spiro atoms. The molecule has 20 heavy (non-hydrogen) atoms. The first-order valence-corrected chi connectivity index (χ1v) is 7.58. The van der Waals surface area contributed by atoms with Crippen LogP contribution in [0.5, 0.6) is 0 Å². The minimum atomic E-state index is -0.489. The van der Waals surface area contributed by atoms with Crippen molar-refractivity contribution in [3.05, 3.63) is 12.2 Å². The molecule has 0 heterocycles. The summed E-state index contributed by atoms with van der Waals surface area (Å²) in [6, 6.07) is 0. The quantitative estimate of drug-likeness (QED) is 0.455. The van der Waals surface area contributed by atoms with E-state index in [1.54, 1.807) is 0 Å². The first-order chi connectivity index (χ1) is 9.57. The van der Waals surface area contributed by atoms with Crippen LogP contribution in [0.15, 0.2) is 12.2 Å². The van der Waals surface area contributed by atoms with E-state index in [9.17, 15) is 9.59 Å². The summed E-state index contributed by atoms with van der Waals surface area (Å²) in [5.41, 5.74) is 0. The van der Waals surface area contributed by atoms with E-state index in [0.29, 0.717) is 25.0 Å². The summed E-state index contributed by atoms with van der Waals surface area (Å²) in [6.45, 7) is 9.05. The van der Waals surface area contributed by atoms with Crippen molar-refractivity contribution in [3.8, 4) is 0 Å². The van der Waals surface area contributed by atoms with Crippen LogP contribution in [-0.2, 0) is 19.1 Å². The maximum atomic E-state index is 11.4. The molecular weight excluding hydrogens is 256 g/mol. The lowest BCUT2D eigenvalue weighted by molar-refractivity contribution is -0.141. The van der Waals surface area contributed by atoms with Gasteiger partial charge in [0.1, 0.15) is 0 Å². The Kier molecular flexibility index (Phi) is 10.7. The topological polar surface area (TPSA) is 52.6 Å². The van der Waals surface area contributed by atoms with Crippen molar-refractivity contribution >= 4 is 11.9 Å². The van der Waals surface area contributed by atoms with Gasteiger partial charge in [-0.25, -0.2) is 9.59 Å². The van der Waals surface area contributed by atoms with Gasteiger partial charge in [-0.2, -0.15) is 0 Å². The molecular formula is C16H28O4. The molecule has 4 heteroatoms. The second-order valence-electron chi connectivity index (χ2n) is 4.96. The fourth-order valence-electron chi connectivity index (χ4n) is 1.68. The van der Waals surface area contributed by atoms with Crippen LogP contribution in [0.25, 0.3) is 0 Å². The Hall–Kier alpha value is -1.32. The van der Waals surface area contributed by atoms with Gasteiger partial charge in [0.05, 0.1) is 13.2 Å². The molecule has 0 radical (unpaired) electrons. The Morgan fingerprint density at radius 3 is 1.30 bits per heavy atom. The molecule has 0 saturated heterocycles. The second kappa shape index (κ2) is 11.5. The maximum Gasteiger partial charge on any atom is 0.331 e. The van der Waals surface area contributed by atoms with Crippen molar-refractivity contribution in [2.24, 2.45) is 11.8 Å². The minimum Gasteiger partial charge on any atom is -0.462 e. The smallest absolute Gasteiger partial charge is 0.331 e. The van der Waals surface area contributed by atoms with Crippen LogP contribution in [0.1, 0.15) is 53.4 Å². The normalized spacial score (nSPS) is 11.3. The molecule has 0 aromatic rings. The molecule has 0 saturated carbocycles. The highest BCUT2D eigenvalue weighted by atomic mass is 16.5. The average molecular weight is 284 g/mol. The summed E-state index contributed by atoms with van der Waals surface area (Å²) in [5, 5.41) is 0. The highest BCUT2D eigenvalue weighted by Gasteiger charge is 2.08. The van der Waals surface area contributed by atoms with Crippen molar-refractivity contribution in [1.82, 2.24) is 0 Å². The van der Waals surface area contributed by atoms with Gasteiger partial charge in [-0.15, -0.1) is 0 Å². The van der Waals surface area contributed by atoms with E-state index in [0.717, 1.165) is 37.8 Å². The molecule has 4 nitrogen and oxygen atoms in total. The van der Waals surface area contributed by atoms with Crippen LogP contribution in [0.2, 0.25) is 0 Å². The van der Waals surface area contributed by atoms with E-state index in [-0.39, 0.29) is 0 Å². The van der Waals surface area contributed by atoms with Crippen LogP contribution in [0.4, 0.5) is 0 Å². The summed E-state index contributed by atoms with van der Waals surface area (Å²) in [5.74, 6) is -0.212. The van der Waals surface area contributed by atoms with E-state index in [2.05, 4.69) is 27.7 Å².